The molecular formula is C22H20FN3O3. The molecule has 3 aromatic rings. The van der Waals surface area contributed by atoms with Gasteiger partial charge in [0.15, 0.2) is 5.69 Å². The molecule has 29 heavy (non-hydrogen) atoms. The van der Waals surface area contributed by atoms with Crippen LogP contribution in [0.3, 0.4) is 0 Å². The second kappa shape index (κ2) is 7.50. The molecule has 2 aromatic carbocycles. The number of esters is 1. The van der Waals surface area contributed by atoms with Crippen LogP contribution in [-0.2, 0) is 14.9 Å². The maximum atomic E-state index is 13.2. The molecule has 4 rings (SSSR count). The first-order chi connectivity index (χ1) is 14.0. The van der Waals surface area contributed by atoms with Crippen LogP contribution in [0.25, 0.3) is 5.69 Å². The molecule has 1 fully saturated rings. The molecule has 1 aromatic heterocycles. The second-order valence-electron chi connectivity index (χ2n) is 6.96. The minimum Gasteiger partial charge on any atom is -0.461 e. The number of carbonyl (C=O) groups excluding carboxylic acids is 2. The van der Waals surface area contributed by atoms with Crippen molar-refractivity contribution in [2.45, 2.75) is 25.2 Å². The van der Waals surface area contributed by atoms with Gasteiger partial charge in [-0.15, -0.1) is 0 Å². The van der Waals surface area contributed by atoms with Crippen LogP contribution in [0.5, 0.6) is 0 Å². The molecule has 0 saturated heterocycles. The Bertz CT molecular complexity index is 1040. The van der Waals surface area contributed by atoms with Crippen LogP contribution in [0.4, 0.5) is 10.1 Å². The number of ether oxygens (including phenoxy) is 1. The standard InChI is InChI=1S/C22H20FN3O3/c1-2-29-20(27)19-11-14-26(25-19)18-9-7-17(8-10-18)24-21(28)22(12-13-22)15-3-5-16(23)6-4-15/h3-11,14H,2,12-13H2,1H3,(H,24,28). The molecule has 1 saturated carbocycles. The van der Waals surface area contributed by atoms with Crippen molar-refractivity contribution in [2.24, 2.45) is 0 Å². The van der Waals surface area contributed by atoms with E-state index in [1.165, 1.54) is 12.1 Å². The van der Waals surface area contributed by atoms with E-state index in [0.717, 1.165) is 24.1 Å². The first kappa shape index (κ1) is 18.9. The average molecular weight is 393 g/mol. The molecule has 0 spiro atoms. The van der Waals surface area contributed by atoms with Crippen LogP contribution in [-0.4, -0.2) is 28.3 Å². The molecule has 6 nitrogen and oxygen atoms in total. The van der Waals surface area contributed by atoms with Crippen LogP contribution >= 0.6 is 0 Å². The van der Waals surface area contributed by atoms with Crippen molar-refractivity contribution in [1.82, 2.24) is 9.78 Å². The van der Waals surface area contributed by atoms with Crippen LogP contribution in [0.2, 0.25) is 0 Å². The Morgan fingerprint density at radius 1 is 1.10 bits per heavy atom. The fraction of sp³-hybridized carbons (Fsp3) is 0.227. The second-order valence-corrected chi connectivity index (χ2v) is 6.96. The Morgan fingerprint density at radius 3 is 2.41 bits per heavy atom. The number of halogens is 1. The molecule has 0 aliphatic heterocycles. The van der Waals surface area contributed by atoms with E-state index in [4.69, 9.17) is 4.74 Å². The molecule has 1 heterocycles. The summed E-state index contributed by atoms with van der Waals surface area (Å²) in [6.07, 6.45) is 3.16. The summed E-state index contributed by atoms with van der Waals surface area (Å²) in [6, 6.07) is 14.8. The number of amides is 1. The van der Waals surface area contributed by atoms with E-state index in [0.29, 0.717) is 12.3 Å². The van der Waals surface area contributed by atoms with E-state index in [2.05, 4.69) is 10.4 Å². The lowest BCUT2D eigenvalue weighted by atomic mass is 9.95. The normalized spacial score (nSPS) is 14.3. The topological polar surface area (TPSA) is 73.2 Å². The summed E-state index contributed by atoms with van der Waals surface area (Å²) in [5, 5.41) is 7.15. The monoisotopic (exact) mass is 393 g/mol. The van der Waals surface area contributed by atoms with E-state index < -0.39 is 11.4 Å². The quantitative estimate of drug-likeness (QED) is 0.646. The summed E-state index contributed by atoms with van der Waals surface area (Å²) < 4.78 is 19.7. The first-order valence-electron chi connectivity index (χ1n) is 9.42. The van der Waals surface area contributed by atoms with E-state index in [-0.39, 0.29) is 17.4 Å². The summed E-state index contributed by atoms with van der Waals surface area (Å²) in [5.41, 5.74) is 1.89. The maximum absolute atomic E-state index is 13.2. The van der Waals surface area contributed by atoms with Crippen molar-refractivity contribution in [3.8, 4) is 5.69 Å². The van der Waals surface area contributed by atoms with E-state index in [1.54, 1.807) is 60.3 Å². The van der Waals surface area contributed by atoms with Gasteiger partial charge in [-0.25, -0.2) is 13.9 Å². The van der Waals surface area contributed by atoms with Crippen molar-refractivity contribution in [1.29, 1.82) is 0 Å². The Hall–Kier alpha value is -3.48. The van der Waals surface area contributed by atoms with Gasteiger partial charge in [0.05, 0.1) is 17.7 Å². The molecule has 0 atom stereocenters. The van der Waals surface area contributed by atoms with Gasteiger partial charge in [0, 0.05) is 11.9 Å². The number of hydrogen-bond acceptors (Lipinski definition) is 4. The molecule has 7 heteroatoms. The lowest BCUT2D eigenvalue weighted by molar-refractivity contribution is -0.118. The van der Waals surface area contributed by atoms with Crippen LogP contribution in [0.15, 0.2) is 60.8 Å². The van der Waals surface area contributed by atoms with Crippen LogP contribution in [0, 0.1) is 5.82 Å². The highest BCUT2D eigenvalue weighted by Gasteiger charge is 2.51. The Balaban J connectivity index is 1.45. The van der Waals surface area contributed by atoms with Gasteiger partial charge in [0.1, 0.15) is 5.82 Å². The highest BCUT2D eigenvalue weighted by molar-refractivity contribution is 6.01. The van der Waals surface area contributed by atoms with Gasteiger partial charge in [-0.2, -0.15) is 5.10 Å². The number of hydrogen-bond donors (Lipinski definition) is 1. The smallest absolute Gasteiger partial charge is 0.358 e. The zero-order valence-corrected chi connectivity index (χ0v) is 15.9. The fourth-order valence-electron chi connectivity index (χ4n) is 3.27. The SMILES string of the molecule is CCOC(=O)c1ccn(-c2ccc(NC(=O)C3(c4ccc(F)cc4)CC3)cc2)n1. The van der Waals surface area contributed by atoms with Crippen molar-refractivity contribution in [3.05, 3.63) is 77.9 Å². The number of aromatic nitrogens is 2. The molecule has 1 amide bonds. The third-order valence-corrected chi connectivity index (χ3v) is 5.04. The van der Waals surface area contributed by atoms with E-state index >= 15 is 0 Å². The predicted molar refractivity (Wildman–Crippen MR) is 105 cm³/mol. The van der Waals surface area contributed by atoms with Gasteiger partial charge in [-0.05, 0) is 67.8 Å². The Morgan fingerprint density at radius 2 is 1.79 bits per heavy atom. The molecule has 1 N–H and O–H groups in total. The van der Waals surface area contributed by atoms with Crippen LogP contribution < -0.4 is 5.32 Å². The van der Waals surface area contributed by atoms with Crippen LogP contribution in [0.1, 0.15) is 35.8 Å². The fourth-order valence-corrected chi connectivity index (χ4v) is 3.27. The summed E-state index contributed by atoms with van der Waals surface area (Å²) in [4.78, 5) is 24.5. The molecule has 1 aliphatic rings. The summed E-state index contributed by atoms with van der Waals surface area (Å²) in [7, 11) is 0. The number of nitrogens with one attached hydrogen (secondary N) is 1. The highest BCUT2D eigenvalue weighted by atomic mass is 19.1. The predicted octanol–water partition coefficient (Wildman–Crippen LogP) is 3.86. The van der Waals surface area contributed by atoms with Gasteiger partial charge >= 0.3 is 5.97 Å². The lowest BCUT2D eigenvalue weighted by Gasteiger charge is -2.16. The summed E-state index contributed by atoms with van der Waals surface area (Å²) >= 11 is 0. The highest BCUT2D eigenvalue weighted by Crippen LogP contribution is 2.49. The van der Waals surface area contributed by atoms with Crippen molar-refractivity contribution in [3.63, 3.8) is 0 Å². The first-order valence-corrected chi connectivity index (χ1v) is 9.42. The zero-order valence-electron chi connectivity index (χ0n) is 15.9. The maximum Gasteiger partial charge on any atom is 0.358 e. The third-order valence-electron chi connectivity index (χ3n) is 5.04. The minimum absolute atomic E-state index is 0.0967. The molecule has 1 aliphatic carbocycles. The summed E-state index contributed by atoms with van der Waals surface area (Å²) in [5.74, 6) is -0.878. The van der Waals surface area contributed by atoms with Gasteiger partial charge in [-0.1, -0.05) is 12.1 Å². The number of nitrogens with zero attached hydrogens (tertiary/aromatic N) is 2. The number of anilines is 1. The minimum atomic E-state index is -0.580. The van der Waals surface area contributed by atoms with Crippen molar-refractivity contribution in [2.75, 3.05) is 11.9 Å². The number of benzene rings is 2. The molecule has 0 radical (unpaired) electrons. The molecular weight excluding hydrogens is 373 g/mol. The van der Waals surface area contributed by atoms with Crippen molar-refractivity contribution >= 4 is 17.6 Å². The molecule has 0 unspecified atom stereocenters. The summed E-state index contributed by atoms with van der Waals surface area (Å²) in [6.45, 7) is 2.03. The zero-order chi connectivity index (χ0) is 20.4. The number of carbonyl (C=O) groups is 2. The molecule has 0 bridgehead atoms. The lowest BCUT2D eigenvalue weighted by Crippen LogP contribution is -2.27. The van der Waals surface area contributed by atoms with Crippen molar-refractivity contribution < 1.29 is 18.7 Å². The van der Waals surface area contributed by atoms with E-state index in [9.17, 15) is 14.0 Å². The average Bonchev–Trinajstić information content (AvgIpc) is 3.39. The van der Waals surface area contributed by atoms with E-state index in [1.807, 2.05) is 0 Å². The number of rotatable bonds is 6. The van der Waals surface area contributed by atoms with Gasteiger partial charge in [0.25, 0.3) is 0 Å². The Kier molecular flexibility index (Phi) is 4.88. The van der Waals surface area contributed by atoms with Gasteiger partial charge in [-0.3, -0.25) is 4.79 Å². The molecule has 148 valence electrons. The van der Waals surface area contributed by atoms with Gasteiger partial charge in [0.2, 0.25) is 5.91 Å². The largest absolute Gasteiger partial charge is 0.461 e. The Labute approximate surface area is 167 Å². The third kappa shape index (κ3) is 3.76. The van der Waals surface area contributed by atoms with Gasteiger partial charge < -0.3 is 10.1 Å².